The number of benzene rings is 2. The normalized spacial score (nSPS) is 11.1. The zero-order chi connectivity index (χ0) is 19.0. The van der Waals surface area contributed by atoms with Crippen molar-refractivity contribution < 1.29 is 4.39 Å². The summed E-state index contributed by atoms with van der Waals surface area (Å²) in [5.41, 5.74) is 1.68. The molecule has 0 saturated carbocycles. The maximum Gasteiger partial charge on any atom is 0.263 e. The van der Waals surface area contributed by atoms with Crippen LogP contribution >= 0.6 is 11.6 Å². The monoisotopic (exact) mass is 383 g/mol. The quantitative estimate of drug-likeness (QED) is 0.585. The number of anilines is 1. The fourth-order valence-electron chi connectivity index (χ4n) is 2.83. The molecule has 0 atom stereocenters. The number of fused-ring (bicyclic) bond motifs is 1. The molecular formula is C19H15ClFN5O. The number of para-hydroxylation sites is 1. The third-order valence-corrected chi connectivity index (χ3v) is 4.50. The van der Waals surface area contributed by atoms with Gasteiger partial charge in [-0.15, -0.1) is 0 Å². The van der Waals surface area contributed by atoms with Crippen LogP contribution in [0.25, 0.3) is 16.7 Å². The van der Waals surface area contributed by atoms with Crippen LogP contribution in [0.3, 0.4) is 0 Å². The molecule has 0 spiro atoms. The molecule has 0 unspecified atom stereocenters. The van der Waals surface area contributed by atoms with E-state index in [0.717, 1.165) is 5.69 Å². The van der Waals surface area contributed by atoms with Gasteiger partial charge in [0.05, 0.1) is 16.9 Å². The van der Waals surface area contributed by atoms with Crippen LogP contribution in [0, 0.1) is 5.82 Å². The molecule has 4 aromatic rings. The third kappa shape index (κ3) is 3.29. The van der Waals surface area contributed by atoms with Crippen LogP contribution < -0.4 is 10.5 Å². The second-order valence-corrected chi connectivity index (χ2v) is 6.53. The molecule has 0 aliphatic carbocycles. The van der Waals surface area contributed by atoms with Gasteiger partial charge >= 0.3 is 0 Å². The van der Waals surface area contributed by atoms with Crippen molar-refractivity contribution in [1.29, 1.82) is 0 Å². The fourth-order valence-corrected chi connectivity index (χ4v) is 2.95. The van der Waals surface area contributed by atoms with Gasteiger partial charge in [-0.05, 0) is 29.8 Å². The molecule has 1 N–H and O–H groups in total. The Kier molecular flexibility index (Phi) is 4.37. The van der Waals surface area contributed by atoms with E-state index in [2.05, 4.69) is 15.1 Å². The highest BCUT2D eigenvalue weighted by Gasteiger charge is 2.14. The van der Waals surface area contributed by atoms with Gasteiger partial charge in [-0.1, -0.05) is 35.9 Å². The summed E-state index contributed by atoms with van der Waals surface area (Å²) in [5, 5.41) is 4.75. The molecule has 27 heavy (non-hydrogen) atoms. The predicted molar refractivity (Wildman–Crippen MR) is 103 cm³/mol. The van der Waals surface area contributed by atoms with Gasteiger partial charge in [-0.25, -0.2) is 9.07 Å². The van der Waals surface area contributed by atoms with E-state index in [1.165, 1.54) is 18.3 Å². The average molecular weight is 384 g/mol. The first-order valence-corrected chi connectivity index (χ1v) is 8.59. The van der Waals surface area contributed by atoms with E-state index in [1.807, 2.05) is 30.3 Å². The van der Waals surface area contributed by atoms with Gasteiger partial charge in [0.1, 0.15) is 11.2 Å². The lowest BCUT2D eigenvalue weighted by Gasteiger charge is -2.18. The largest absolute Gasteiger partial charge is 0.341 e. The molecule has 136 valence electrons. The Balaban J connectivity index is 1.73. The number of aromatic nitrogens is 4. The number of hydrogen-bond acceptors (Lipinski definition) is 4. The summed E-state index contributed by atoms with van der Waals surface area (Å²) in [4.78, 5) is 21.5. The molecule has 8 heteroatoms. The van der Waals surface area contributed by atoms with Crippen LogP contribution in [0.1, 0.15) is 5.56 Å². The van der Waals surface area contributed by atoms with Gasteiger partial charge in [0, 0.05) is 13.6 Å². The summed E-state index contributed by atoms with van der Waals surface area (Å²) in [7, 11) is 1.76. The van der Waals surface area contributed by atoms with Crippen LogP contribution in [0.5, 0.6) is 0 Å². The molecule has 0 bridgehead atoms. The van der Waals surface area contributed by atoms with Crippen molar-refractivity contribution in [3.05, 3.63) is 81.5 Å². The van der Waals surface area contributed by atoms with Gasteiger partial charge in [0.25, 0.3) is 5.56 Å². The van der Waals surface area contributed by atoms with Crippen LogP contribution in [0.2, 0.25) is 5.02 Å². The molecule has 0 saturated heterocycles. The van der Waals surface area contributed by atoms with Crippen LogP contribution in [-0.2, 0) is 6.54 Å². The van der Waals surface area contributed by atoms with Crippen molar-refractivity contribution in [2.75, 3.05) is 11.9 Å². The molecule has 2 heterocycles. The number of nitrogens with zero attached hydrogens (tertiary/aromatic N) is 4. The van der Waals surface area contributed by atoms with Crippen molar-refractivity contribution in [3.8, 4) is 5.69 Å². The molecule has 4 rings (SSSR count). The fraction of sp³-hybridized carbons (Fsp3) is 0.105. The van der Waals surface area contributed by atoms with E-state index in [0.29, 0.717) is 29.1 Å². The first-order chi connectivity index (χ1) is 13.0. The van der Waals surface area contributed by atoms with Gasteiger partial charge in [0.15, 0.2) is 5.65 Å². The van der Waals surface area contributed by atoms with Crippen molar-refractivity contribution >= 4 is 28.6 Å². The molecule has 2 aromatic carbocycles. The number of nitrogens with one attached hydrogen (secondary N) is 1. The lowest BCUT2D eigenvalue weighted by Crippen LogP contribution is -2.23. The Morgan fingerprint density at radius 2 is 2.00 bits per heavy atom. The maximum atomic E-state index is 13.7. The highest BCUT2D eigenvalue weighted by molar-refractivity contribution is 6.30. The van der Waals surface area contributed by atoms with E-state index < -0.39 is 5.82 Å². The topological polar surface area (TPSA) is 66.8 Å². The number of H-pyrrole nitrogens is 1. The minimum Gasteiger partial charge on any atom is -0.341 e. The van der Waals surface area contributed by atoms with E-state index in [1.54, 1.807) is 22.7 Å². The Bertz CT molecular complexity index is 1170. The average Bonchev–Trinajstić information content (AvgIpc) is 3.10. The summed E-state index contributed by atoms with van der Waals surface area (Å²) in [6.07, 6.45) is 1.49. The SMILES string of the molecule is CN(Cc1ccc(Cl)c(F)c1)c1nc2c(cnn2-c2ccccc2)c(=O)[nH]1. The highest BCUT2D eigenvalue weighted by Crippen LogP contribution is 2.19. The molecule has 0 radical (unpaired) electrons. The summed E-state index contributed by atoms with van der Waals surface area (Å²) >= 11 is 5.73. The van der Waals surface area contributed by atoms with Crippen LogP contribution in [0.4, 0.5) is 10.3 Å². The Morgan fingerprint density at radius 3 is 2.74 bits per heavy atom. The molecule has 0 fully saturated rings. The van der Waals surface area contributed by atoms with Crippen molar-refractivity contribution in [3.63, 3.8) is 0 Å². The smallest absolute Gasteiger partial charge is 0.263 e. The lowest BCUT2D eigenvalue weighted by molar-refractivity contribution is 0.625. The van der Waals surface area contributed by atoms with Crippen molar-refractivity contribution in [2.24, 2.45) is 0 Å². The molecule has 0 aliphatic rings. The van der Waals surface area contributed by atoms with Crippen LogP contribution in [0.15, 0.2) is 59.5 Å². The summed E-state index contributed by atoms with van der Waals surface area (Å²) in [5.74, 6) is -0.123. The molecule has 6 nitrogen and oxygen atoms in total. The first-order valence-electron chi connectivity index (χ1n) is 8.21. The zero-order valence-electron chi connectivity index (χ0n) is 14.4. The van der Waals surface area contributed by atoms with Gasteiger partial charge in [-0.2, -0.15) is 10.1 Å². The minimum absolute atomic E-state index is 0.0705. The van der Waals surface area contributed by atoms with E-state index >= 15 is 0 Å². The Labute approximate surface area is 158 Å². The number of rotatable bonds is 4. The summed E-state index contributed by atoms with van der Waals surface area (Å²) in [6.45, 7) is 0.349. The number of halogens is 2. The van der Waals surface area contributed by atoms with Crippen molar-refractivity contribution in [1.82, 2.24) is 19.7 Å². The first kappa shape index (κ1) is 17.2. The lowest BCUT2D eigenvalue weighted by atomic mass is 10.2. The Morgan fingerprint density at radius 1 is 1.22 bits per heavy atom. The molecule has 2 aromatic heterocycles. The van der Waals surface area contributed by atoms with E-state index in [9.17, 15) is 9.18 Å². The predicted octanol–water partition coefficient (Wildman–Crippen LogP) is 3.54. The zero-order valence-corrected chi connectivity index (χ0v) is 15.1. The van der Waals surface area contributed by atoms with Gasteiger partial charge < -0.3 is 4.90 Å². The third-order valence-electron chi connectivity index (χ3n) is 4.19. The summed E-state index contributed by atoms with van der Waals surface area (Å²) in [6, 6.07) is 14.0. The molecule has 0 aliphatic heterocycles. The number of hydrogen-bond donors (Lipinski definition) is 1. The Hall–Kier alpha value is -3.19. The standard InChI is InChI=1S/C19H15ClFN5O/c1-25(11-12-7-8-15(20)16(21)9-12)19-23-17-14(18(27)24-19)10-22-26(17)13-5-3-2-4-6-13/h2-10H,11H2,1H3,(H,23,24,27). The van der Waals surface area contributed by atoms with Crippen molar-refractivity contribution in [2.45, 2.75) is 6.54 Å². The maximum absolute atomic E-state index is 13.7. The number of aromatic amines is 1. The highest BCUT2D eigenvalue weighted by atomic mass is 35.5. The summed E-state index contributed by atoms with van der Waals surface area (Å²) < 4.78 is 15.3. The van der Waals surface area contributed by atoms with E-state index in [4.69, 9.17) is 11.6 Å². The van der Waals surface area contributed by atoms with Gasteiger partial charge in [-0.3, -0.25) is 9.78 Å². The van der Waals surface area contributed by atoms with Crippen LogP contribution in [-0.4, -0.2) is 26.8 Å². The second-order valence-electron chi connectivity index (χ2n) is 6.12. The molecule has 0 amide bonds. The molecular weight excluding hydrogens is 369 g/mol. The second kappa shape index (κ2) is 6.85. The minimum atomic E-state index is -0.485. The van der Waals surface area contributed by atoms with Gasteiger partial charge in [0.2, 0.25) is 5.95 Å². The van der Waals surface area contributed by atoms with E-state index in [-0.39, 0.29) is 10.6 Å².